The highest BCUT2D eigenvalue weighted by Gasteiger charge is 2.25. The summed E-state index contributed by atoms with van der Waals surface area (Å²) in [5, 5.41) is 3.05. The highest BCUT2D eigenvalue weighted by molar-refractivity contribution is 7.99. The molecule has 0 radical (unpaired) electrons. The average Bonchev–Trinajstić information content (AvgIpc) is 2.68. The molecule has 0 bridgehead atoms. The molecular formula is C21H22F2N2O2S. The quantitative estimate of drug-likeness (QED) is 0.754. The van der Waals surface area contributed by atoms with Crippen LogP contribution in [-0.2, 0) is 0 Å². The standard InChI is InChI=1S/C21H22F2N2O2S/c1-14-4-2-3-5-18(14)19(26)24-16-10-12-25(13-11-16)20(27)15-6-8-17(9-7-15)28-21(22)23/h2-9,16,21H,10-13H2,1H3,(H,24,26). The number of hydrogen-bond donors (Lipinski definition) is 1. The van der Waals surface area contributed by atoms with Crippen LogP contribution < -0.4 is 5.32 Å². The van der Waals surface area contributed by atoms with E-state index >= 15 is 0 Å². The fourth-order valence-electron chi connectivity index (χ4n) is 3.28. The van der Waals surface area contributed by atoms with Gasteiger partial charge in [0.2, 0.25) is 0 Å². The Hall–Kier alpha value is -2.41. The number of nitrogens with one attached hydrogen (secondary N) is 1. The molecule has 0 aliphatic carbocycles. The van der Waals surface area contributed by atoms with E-state index in [9.17, 15) is 18.4 Å². The number of aryl methyl sites for hydroxylation is 1. The van der Waals surface area contributed by atoms with Crippen molar-refractivity contribution in [3.05, 3.63) is 65.2 Å². The number of nitrogens with zero attached hydrogens (tertiary/aromatic N) is 1. The number of alkyl halides is 2. The summed E-state index contributed by atoms with van der Waals surface area (Å²) in [7, 11) is 0. The number of carbonyl (C=O) groups excluding carboxylic acids is 2. The van der Waals surface area contributed by atoms with Gasteiger partial charge in [-0.3, -0.25) is 9.59 Å². The molecular weight excluding hydrogens is 382 g/mol. The van der Waals surface area contributed by atoms with Crippen molar-refractivity contribution in [2.45, 2.75) is 36.5 Å². The third kappa shape index (κ3) is 5.10. The van der Waals surface area contributed by atoms with E-state index in [4.69, 9.17) is 0 Å². The summed E-state index contributed by atoms with van der Waals surface area (Å²) in [4.78, 5) is 27.2. The molecule has 0 aromatic heterocycles. The third-order valence-corrected chi connectivity index (χ3v) is 5.56. The van der Waals surface area contributed by atoms with E-state index < -0.39 is 5.76 Å². The number of carbonyl (C=O) groups is 2. The van der Waals surface area contributed by atoms with Crippen LogP contribution in [0.4, 0.5) is 8.78 Å². The highest BCUT2D eigenvalue weighted by Crippen LogP contribution is 2.25. The van der Waals surface area contributed by atoms with Gasteiger partial charge in [0.15, 0.2) is 0 Å². The smallest absolute Gasteiger partial charge is 0.288 e. The molecule has 2 aromatic carbocycles. The largest absolute Gasteiger partial charge is 0.349 e. The lowest BCUT2D eigenvalue weighted by Gasteiger charge is -2.32. The molecule has 0 spiro atoms. The Bertz CT molecular complexity index is 835. The molecule has 1 N–H and O–H groups in total. The summed E-state index contributed by atoms with van der Waals surface area (Å²) in [6, 6.07) is 13.7. The maximum absolute atomic E-state index is 12.6. The Morgan fingerprint density at radius 3 is 2.32 bits per heavy atom. The van der Waals surface area contributed by atoms with Crippen molar-refractivity contribution in [1.82, 2.24) is 10.2 Å². The first-order chi connectivity index (χ1) is 13.4. The maximum atomic E-state index is 12.6. The zero-order valence-corrected chi connectivity index (χ0v) is 16.3. The summed E-state index contributed by atoms with van der Waals surface area (Å²) < 4.78 is 24.8. The van der Waals surface area contributed by atoms with E-state index in [1.54, 1.807) is 35.2 Å². The molecule has 1 aliphatic heterocycles. The van der Waals surface area contributed by atoms with Gasteiger partial charge < -0.3 is 10.2 Å². The molecule has 1 saturated heterocycles. The van der Waals surface area contributed by atoms with Gasteiger partial charge in [-0.15, -0.1) is 0 Å². The van der Waals surface area contributed by atoms with E-state index in [0.29, 0.717) is 53.7 Å². The van der Waals surface area contributed by atoms with Crippen LogP contribution in [0, 0.1) is 6.92 Å². The molecule has 1 aliphatic rings. The second-order valence-electron chi connectivity index (χ2n) is 6.76. The van der Waals surface area contributed by atoms with Crippen LogP contribution in [0.1, 0.15) is 39.1 Å². The van der Waals surface area contributed by atoms with Crippen LogP contribution in [-0.4, -0.2) is 41.6 Å². The van der Waals surface area contributed by atoms with Gasteiger partial charge in [0.1, 0.15) is 0 Å². The van der Waals surface area contributed by atoms with Crippen molar-refractivity contribution in [3.8, 4) is 0 Å². The van der Waals surface area contributed by atoms with Crippen LogP contribution >= 0.6 is 11.8 Å². The Balaban J connectivity index is 1.52. The Morgan fingerprint density at radius 2 is 1.71 bits per heavy atom. The number of benzene rings is 2. The minimum absolute atomic E-state index is 0.0287. The van der Waals surface area contributed by atoms with Crippen molar-refractivity contribution in [2.75, 3.05) is 13.1 Å². The van der Waals surface area contributed by atoms with Crippen LogP contribution in [0.2, 0.25) is 0 Å². The van der Waals surface area contributed by atoms with E-state index in [0.717, 1.165) is 5.56 Å². The monoisotopic (exact) mass is 404 g/mol. The molecule has 0 unspecified atom stereocenters. The zero-order chi connectivity index (χ0) is 20.1. The van der Waals surface area contributed by atoms with Crippen molar-refractivity contribution in [2.24, 2.45) is 0 Å². The average molecular weight is 404 g/mol. The molecule has 1 fully saturated rings. The van der Waals surface area contributed by atoms with E-state index in [1.807, 2.05) is 25.1 Å². The molecule has 0 saturated carbocycles. The number of piperidine rings is 1. The Kier molecular flexibility index (Phi) is 6.67. The van der Waals surface area contributed by atoms with Gasteiger partial charge in [-0.05, 0) is 55.7 Å². The molecule has 2 amide bonds. The molecule has 1 heterocycles. The summed E-state index contributed by atoms with van der Waals surface area (Å²) in [6.45, 7) is 3.00. The number of rotatable bonds is 5. The lowest BCUT2D eigenvalue weighted by atomic mass is 10.0. The zero-order valence-electron chi connectivity index (χ0n) is 15.5. The summed E-state index contributed by atoms with van der Waals surface area (Å²) in [6.07, 6.45) is 1.37. The minimum Gasteiger partial charge on any atom is -0.349 e. The topological polar surface area (TPSA) is 49.4 Å². The first kappa shape index (κ1) is 20.3. The SMILES string of the molecule is Cc1ccccc1C(=O)NC1CCN(C(=O)c2ccc(SC(F)F)cc2)CC1. The number of likely N-dealkylation sites (tertiary alicyclic amines) is 1. The van der Waals surface area contributed by atoms with Crippen LogP contribution in [0.25, 0.3) is 0 Å². The highest BCUT2D eigenvalue weighted by atomic mass is 32.2. The molecule has 4 nitrogen and oxygen atoms in total. The molecule has 3 rings (SSSR count). The van der Waals surface area contributed by atoms with Crippen molar-refractivity contribution < 1.29 is 18.4 Å². The van der Waals surface area contributed by atoms with Gasteiger partial charge in [0.05, 0.1) is 0 Å². The molecule has 2 aromatic rings. The number of halogens is 2. The van der Waals surface area contributed by atoms with Gasteiger partial charge in [-0.2, -0.15) is 8.78 Å². The molecule has 0 atom stereocenters. The van der Waals surface area contributed by atoms with E-state index in [1.165, 1.54) is 0 Å². The van der Waals surface area contributed by atoms with Gasteiger partial charge in [-0.25, -0.2) is 0 Å². The normalized spacial score (nSPS) is 14.9. The first-order valence-electron chi connectivity index (χ1n) is 9.14. The van der Waals surface area contributed by atoms with Gasteiger partial charge in [0.25, 0.3) is 17.6 Å². The fourth-order valence-corrected chi connectivity index (χ4v) is 3.78. The Morgan fingerprint density at radius 1 is 1.07 bits per heavy atom. The fraction of sp³-hybridized carbons (Fsp3) is 0.333. The second kappa shape index (κ2) is 9.19. The van der Waals surface area contributed by atoms with Crippen LogP contribution in [0.15, 0.2) is 53.4 Å². The summed E-state index contributed by atoms with van der Waals surface area (Å²) >= 11 is 0.461. The second-order valence-corrected chi connectivity index (χ2v) is 7.82. The van der Waals surface area contributed by atoms with Crippen molar-refractivity contribution in [1.29, 1.82) is 0 Å². The Labute approximate surface area is 167 Å². The third-order valence-electron chi connectivity index (χ3n) is 4.83. The maximum Gasteiger partial charge on any atom is 0.288 e. The first-order valence-corrected chi connectivity index (χ1v) is 10.0. The van der Waals surface area contributed by atoms with Crippen molar-refractivity contribution >= 4 is 23.6 Å². The van der Waals surface area contributed by atoms with E-state index in [2.05, 4.69) is 5.32 Å². The molecule has 7 heteroatoms. The van der Waals surface area contributed by atoms with Crippen LogP contribution in [0.5, 0.6) is 0 Å². The summed E-state index contributed by atoms with van der Waals surface area (Å²) in [5.41, 5.74) is 2.09. The van der Waals surface area contributed by atoms with Crippen LogP contribution in [0.3, 0.4) is 0 Å². The minimum atomic E-state index is -2.48. The van der Waals surface area contributed by atoms with E-state index in [-0.39, 0.29) is 17.9 Å². The van der Waals surface area contributed by atoms with Gasteiger partial charge in [-0.1, -0.05) is 30.0 Å². The van der Waals surface area contributed by atoms with Gasteiger partial charge in [0, 0.05) is 35.2 Å². The lowest BCUT2D eigenvalue weighted by molar-refractivity contribution is 0.0698. The number of amides is 2. The molecule has 148 valence electrons. The van der Waals surface area contributed by atoms with Gasteiger partial charge >= 0.3 is 0 Å². The molecule has 28 heavy (non-hydrogen) atoms. The predicted molar refractivity (Wildman–Crippen MR) is 106 cm³/mol. The lowest BCUT2D eigenvalue weighted by Crippen LogP contribution is -2.46. The number of hydrogen-bond acceptors (Lipinski definition) is 3. The van der Waals surface area contributed by atoms with Crippen molar-refractivity contribution in [3.63, 3.8) is 0 Å². The summed E-state index contributed by atoms with van der Waals surface area (Å²) in [5.74, 6) is -2.68. The number of thioether (sulfide) groups is 1. The predicted octanol–water partition coefficient (Wildman–Crippen LogP) is 4.34.